The minimum atomic E-state index is -0.709. The van der Waals surface area contributed by atoms with Crippen LogP contribution in [0.25, 0.3) is 0 Å². The number of hydrazine groups is 1. The number of nitrogens with zero attached hydrogens (tertiary/aromatic N) is 1. The van der Waals surface area contributed by atoms with E-state index in [1.54, 1.807) is 36.4 Å². The van der Waals surface area contributed by atoms with Crippen molar-refractivity contribution in [2.24, 2.45) is 0 Å². The molecule has 1 unspecified atom stereocenters. The molecule has 0 aliphatic carbocycles. The van der Waals surface area contributed by atoms with Crippen molar-refractivity contribution in [3.63, 3.8) is 0 Å². The second kappa shape index (κ2) is 9.29. The van der Waals surface area contributed by atoms with Gasteiger partial charge in [-0.05, 0) is 42.3 Å². The number of rotatable bonds is 5. The molecular formula is C22H19ClN4O6. The molecule has 5 amide bonds. The van der Waals surface area contributed by atoms with Crippen LogP contribution in [0.1, 0.15) is 39.1 Å². The smallest absolute Gasteiger partial charge is 0.276 e. The second-order valence-corrected chi connectivity index (χ2v) is 7.90. The number of nitrogens with one attached hydrogen (secondary N) is 3. The Kier molecular flexibility index (Phi) is 6.27. The number of piperidine rings is 1. The molecule has 170 valence electrons. The van der Waals surface area contributed by atoms with Gasteiger partial charge in [-0.3, -0.25) is 40.1 Å². The molecular weight excluding hydrogens is 452 g/mol. The Hall–Kier alpha value is -3.92. The lowest BCUT2D eigenvalue weighted by atomic mass is 10.0. The van der Waals surface area contributed by atoms with Crippen molar-refractivity contribution in [3.8, 4) is 5.75 Å². The highest BCUT2D eigenvalue weighted by molar-refractivity contribution is 6.33. The summed E-state index contributed by atoms with van der Waals surface area (Å²) in [5, 5.41) is 2.50. The Labute approximate surface area is 193 Å². The zero-order chi connectivity index (χ0) is 23.5. The van der Waals surface area contributed by atoms with Gasteiger partial charge in [0.05, 0.1) is 10.6 Å². The van der Waals surface area contributed by atoms with Crippen molar-refractivity contribution in [2.45, 2.75) is 25.4 Å². The van der Waals surface area contributed by atoms with Crippen LogP contribution >= 0.6 is 11.6 Å². The van der Waals surface area contributed by atoms with E-state index in [9.17, 15) is 24.0 Å². The lowest BCUT2D eigenvalue weighted by Gasteiger charge is -2.29. The molecule has 2 aromatic carbocycles. The van der Waals surface area contributed by atoms with Gasteiger partial charge >= 0.3 is 0 Å². The third-order valence-corrected chi connectivity index (χ3v) is 5.63. The van der Waals surface area contributed by atoms with E-state index in [0.29, 0.717) is 16.9 Å². The van der Waals surface area contributed by atoms with Gasteiger partial charge in [-0.15, -0.1) is 0 Å². The standard InChI is InChI=1S/C22H19ClN4O6/c23-16-4-2-1-3-15(16)20(30)26-25-19(29)11-33-13-5-6-14-12(9-13)10-27(22(14)32)17-7-8-18(28)24-21(17)31/h1-6,9,17H,7-8,10-11H2,(H,25,29)(H,26,30)(H,24,28,31). The van der Waals surface area contributed by atoms with Gasteiger partial charge in [-0.25, -0.2) is 0 Å². The van der Waals surface area contributed by atoms with Crippen molar-refractivity contribution in [1.82, 2.24) is 21.1 Å². The fourth-order valence-corrected chi connectivity index (χ4v) is 3.89. The van der Waals surface area contributed by atoms with Gasteiger partial charge < -0.3 is 9.64 Å². The summed E-state index contributed by atoms with van der Waals surface area (Å²) in [6.45, 7) is -0.190. The summed E-state index contributed by atoms with van der Waals surface area (Å²) in [5.74, 6) is -1.96. The van der Waals surface area contributed by atoms with E-state index in [2.05, 4.69) is 16.2 Å². The monoisotopic (exact) mass is 470 g/mol. The Morgan fingerprint density at radius 1 is 1.12 bits per heavy atom. The van der Waals surface area contributed by atoms with Gasteiger partial charge in [0.25, 0.3) is 17.7 Å². The van der Waals surface area contributed by atoms with Crippen molar-refractivity contribution < 1.29 is 28.7 Å². The number of amides is 5. The Bertz CT molecular complexity index is 1170. The molecule has 33 heavy (non-hydrogen) atoms. The summed E-state index contributed by atoms with van der Waals surface area (Å²) in [7, 11) is 0. The number of carbonyl (C=O) groups is 5. The van der Waals surface area contributed by atoms with Crippen LogP contribution in [0.3, 0.4) is 0 Å². The van der Waals surface area contributed by atoms with Crippen LogP contribution in [0.4, 0.5) is 0 Å². The molecule has 0 bridgehead atoms. The molecule has 0 spiro atoms. The molecule has 11 heteroatoms. The summed E-state index contributed by atoms with van der Waals surface area (Å²) in [5.41, 5.74) is 5.79. The maximum absolute atomic E-state index is 12.7. The van der Waals surface area contributed by atoms with E-state index < -0.39 is 23.8 Å². The van der Waals surface area contributed by atoms with Crippen molar-refractivity contribution >= 4 is 41.1 Å². The predicted molar refractivity (Wildman–Crippen MR) is 115 cm³/mol. The third-order valence-electron chi connectivity index (χ3n) is 5.30. The Morgan fingerprint density at radius 3 is 2.67 bits per heavy atom. The molecule has 3 N–H and O–H groups in total. The van der Waals surface area contributed by atoms with Crippen molar-refractivity contribution in [3.05, 3.63) is 64.2 Å². The number of imide groups is 1. The van der Waals surface area contributed by atoms with E-state index >= 15 is 0 Å². The first-order chi connectivity index (χ1) is 15.8. The summed E-state index contributed by atoms with van der Waals surface area (Å²) in [6.07, 6.45) is 0.445. The second-order valence-electron chi connectivity index (χ2n) is 7.49. The average Bonchev–Trinajstić information content (AvgIpc) is 3.12. The van der Waals surface area contributed by atoms with Gasteiger partial charge in [0.1, 0.15) is 11.8 Å². The van der Waals surface area contributed by atoms with Crippen LogP contribution in [-0.4, -0.2) is 47.1 Å². The Morgan fingerprint density at radius 2 is 1.91 bits per heavy atom. The normalized spacial score (nSPS) is 17.3. The van der Waals surface area contributed by atoms with Crippen LogP contribution in [-0.2, 0) is 20.9 Å². The van der Waals surface area contributed by atoms with Crippen LogP contribution in [0.5, 0.6) is 5.75 Å². The number of ether oxygens (including phenoxy) is 1. The number of benzene rings is 2. The van der Waals surface area contributed by atoms with Crippen LogP contribution in [0.2, 0.25) is 5.02 Å². The summed E-state index contributed by atoms with van der Waals surface area (Å²) in [6, 6.07) is 10.4. The first kappa shape index (κ1) is 22.3. The topological polar surface area (TPSA) is 134 Å². The minimum Gasteiger partial charge on any atom is -0.484 e. The maximum atomic E-state index is 12.7. The van der Waals surface area contributed by atoms with Crippen LogP contribution < -0.4 is 20.9 Å². The van der Waals surface area contributed by atoms with Gasteiger partial charge in [-0.1, -0.05) is 23.7 Å². The van der Waals surface area contributed by atoms with Crippen LogP contribution in [0, 0.1) is 0 Å². The quantitative estimate of drug-likeness (QED) is 0.440. The molecule has 2 aromatic rings. The largest absolute Gasteiger partial charge is 0.484 e. The predicted octanol–water partition coefficient (Wildman–Crippen LogP) is 0.941. The summed E-state index contributed by atoms with van der Waals surface area (Å²) in [4.78, 5) is 61.7. The molecule has 2 heterocycles. The number of carbonyl (C=O) groups excluding carboxylic acids is 5. The molecule has 10 nitrogen and oxygen atoms in total. The van der Waals surface area contributed by atoms with Crippen molar-refractivity contribution in [1.29, 1.82) is 0 Å². The fourth-order valence-electron chi connectivity index (χ4n) is 3.66. The summed E-state index contributed by atoms with van der Waals surface area (Å²) >= 11 is 5.94. The van der Waals surface area contributed by atoms with E-state index in [1.807, 2.05) is 0 Å². The third kappa shape index (κ3) is 4.80. The molecule has 4 rings (SSSR count). The fraction of sp³-hybridized carbons (Fsp3) is 0.227. The molecule has 0 aromatic heterocycles. The summed E-state index contributed by atoms with van der Waals surface area (Å²) < 4.78 is 5.46. The lowest BCUT2D eigenvalue weighted by molar-refractivity contribution is -0.137. The Balaban J connectivity index is 1.31. The van der Waals surface area contributed by atoms with Gasteiger partial charge in [0.2, 0.25) is 11.8 Å². The minimum absolute atomic E-state index is 0.174. The molecule has 0 saturated carbocycles. The van der Waals surface area contributed by atoms with Crippen LogP contribution in [0.15, 0.2) is 42.5 Å². The highest BCUT2D eigenvalue weighted by Gasteiger charge is 2.39. The molecule has 2 aliphatic rings. The van der Waals surface area contributed by atoms with E-state index in [1.165, 1.54) is 11.0 Å². The highest BCUT2D eigenvalue weighted by Crippen LogP contribution is 2.30. The van der Waals surface area contributed by atoms with Gasteiger partial charge in [-0.2, -0.15) is 0 Å². The number of hydrogen-bond donors (Lipinski definition) is 3. The highest BCUT2D eigenvalue weighted by atomic mass is 35.5. The first-order valence-corrected chi connectivity index (χ1v) is 10.5. The molecule has 1 saturated heterocycles. The molecule has 0 radical (unpaired) electrons. The number of fused-ring (bicyclic) bond motifs is 1. The first-order valence-electron chi connectivity index (χ1n) is 10.1. The average molecular weight is 471 g/mol. The SMILES string of the molecule is O=C(COc1ccc2c(c1)CN(C1CCC(=O)NC1=O)C2=O)NNC(=O)c1ccccc1Cl. The zero-order valence-electron chi connectivity index (χ0n) is 17.2. The maximum Gasteiger partial charge on any atom is 0.276 e. The van der Waals surface area contributed by atoms with E-state index in [0.717, 1.165) is 0 Å². The lowest BCUT2D eigenvalue weighted by Crippen LogP contribution is -2.52. The molecule has 1 atom stereocenters. The van der Waals surface area contributed by atoms with Crippen molar-refractivity contribution in [2.75, 3.05) is 6.61 Å². The van der Waals surface area contributed by atoms with E-state index in [4.69, 9.17) is 16.3 Å². The van der Waals surface area contributed by atoms with Gasteiger partial charge in [0, 0.05) is 18.5 Å². The molecule has 1 fully saturated rings. The zero-order valence-corrected chi connectivity index (χ0v) is 18.0. The van der Waals surface area contributed by atoms with Gasteiger partial charge in [0.15, 0.2) is 6.61 Å². The number of halogens is 1. The molecule has 2 aliphatic heterocycles. The van der Waals surface area contributed by atoms with E-state index in [-0.39, 0.29) is 48.4 Å². The number of hydrogen-bond acceptors (Lipinski definition) is 6.